The van der Waals surface area contributed by atoms with Gasteiger partial charge in [0.2, 0.25) is 23.3 Å². The van der Waals surface area contributed by atoms with Crippen molar-refractivity contribution in [2.24, 2.45) is 0 Å². The summed E-state index contributed by atoms with van der Waals surface area (Å²) in [5, 5.41) is 14.2. The molecule has 2 saturated carbocycles. The van der Waals surface area contributed by atoms with Crippen molar-refractivity contribution in [3.8, 4) is 11.3 Å². The van der Waals surface area contributed by atoms with E-state index in [1.165, 1.54) is 5.56 Å². The standard InChI is InChI=1S/C27H26N6O.C26H25N7O.CH4/c1-29-24-16-30-27(33-25(24)23-14-11-17-5-2-3-8-22(17)23)32-21-7-4-6-20(15-21)31-26(34)18-9-12-19(28)13-10-18;1-28-23-15-30-26(33-24(23)21-14-29-22-8-3-2-7-20(21)22)32-19-6-4-5-18(13-19)31-25(34)16-9-11-17(27)12-10-16;/h2-3,5,8-10,12-14,16,20-21H,4,6-7,11,15,28H2,(H,31,34)(H,30,32,33);2-3,7-12,14-15,18-19,29H,4-6,13,27H2,(H,31,34)(H,30,32,33);1H4/t20-,21+;18-,19+;/m00./s1. The van der Waals surface area contributed by atoms with Crippen molar-refractivity contribution in [1.29, 1.82) is 0 Å². The topological polar surface area (TPSA) is 210 Å². The number of aromatic amines is 1. The number of aromatic nitrogens is 5. The zero-order valence-electron chi connectivity index (χ0n) is 37.4. The third kappa shape index (κ3) is 11.0. The van der Waals surface area contributed by atoms with E-state index < -0.39 is 0 Å². The van der Waals surface area contributed by atoms with Gasteiger partial charge in [0, 0.05) is 81.7 Å². The van der Waals surface area contributed by atoms with E-state index in [1.54, 1.807) is 60.9 Å². The van der Waals surface area contributed by atoms with Gasteiger partial charge in [-0.1, -0.05) is 56.0 Å². The highest BCUT2D eigenvalue weighted by molar-refractivity contribution is 5.98. The minimum atomic E-state index is -0.0927. The predicted octanol–water partition coefficient (Wildman–Crippen LogP) is 10.3. The molecule has 7 aromatic rings. The molecular weight excluding hydrogens is 863 g/mol. The third-order valence-electron chi connectivity index (χ3n) is 12.7. The van der Waals surface area contributed by atoms with Crippen molar-refractivity contribution in [3.63, 3.8) is 0 Å². The minimum absolute atomic E-state index is 0. The second kappa shape index (κ2) is 21.4. The molecule has 2 amide bonds. The molecule has 0 bridgehead atoms. The van der Waals surface area contributed by atoms with Crippen molar-refractivity contribution < 1.29 is 9.59 Å². The normalized spacial score (nSPS) is 18.1. The highest BCUT2D eigenvalue weighted by Crippen LogP contribution is 2.37. The number of anilines is 4. The number of benzene rings is 4. The summed E-state index contributed by atoms with van der Waals surface area (Å²) in [6.45, 7) is 15.1. The van der Waals surface area contributed by atoms with Gasteiger partial charge in [-0.3, -0.25) is 9.59 Å². The highest BCUT2D eigenvalue weighted by Gasteiger charge is 2.27. The zero-order chi connectivity index (χ0) is 47.0. The third-order valence-corrected chi connectivity index (χ3v) is 12.7. The predicted molar refractivity (Wildman–Crippen MR) is 274 cm³/mol. The van der Waals surface area contributed by atoms with E-state index in [1.807, 2.05) is 42.6 Å². The van der Waals surface area contributed by atoms with Gasteiger partial charge in [-0.2, -0.15) is 0 Å². The number of rotatable bonds is 10. The summed E-state index contributed by atoms with van der Waals surface area (Å²) >= 11 is 0. The van der Waals surface area contributed by atoms with Crippen molar-refractivity contribution in [2.45, 2.75) is 89.4 Å². The monoisotopic (exact) mass is 917 g/mol. The fraction of sp³-hybridized carbons (Fsp3) is 0.259. The van der Waals surface area contributed by atoms with Gasteiger partial charge in [-0.25, -0.2) is 29.6 Å². The molecule has 0 radical (unpaired) electrons. The van der Waals surface area contributed by atoms with Crippen molar-refractivity contribution in [1.82, 2.24) is 35.6 Å². The number of hydrogen-bond donors (Lipinski definition) is 7. The van der Waals surface area contributed by atoms with E-state index in [9.17, 15) is 9.59 Å². The van der Waals surface area contributed by atoms with Crippen LogP contribution in [0.25, 0.3) is 37.4 Å². The maximum atomic E-state index is 12.6. The summed E-state index contributed by atoms with van der Waals surface area (Å²) in [7, 11) is 0. The van der Waals surface area contributed by atoms with Crippen molar-refractivity contribution in [3.05, 3.63) is 173 Å². The Balaban J connectivity index is 0.000000183. The van der Waals surface area contributed by atoms with Crippen LogP contribution >= 0.6 is 0 Å². The second-order valence-corrected chi connectivity index (χ2v) is 17.4. The molecule has 69 heavy (non-hydrogen) atoms. The lowest BCUT2D eigenvalue weighted by Crippen LogP contribution is -2.42. The number of nitrogen functional groups attached to an aromatic ring is 2. The Bertz CT molecular complexity index is 3080. The zero-order valence-corrected chi connectivity index (χ0v) is 37.4. The lowest BCUT2D eigenvalue weighted by molar-refractivity contribution is 0.0917. The molecule has 3 aliphatic carbocycles. The van der Waals surface area contributed by atoms with E-state index in [4.69, 9.17) is 34.6 Å². The quantitative estimate of drug-likeness (QED) is 0.0510. The maximum absolute atomic E-state index is 12.6. The average Bonchev–Trinajstić information content (AvgIpc) is 4.00. The number of carbonyl (C=O) groups is 2. The van der Waals surface area contributed by atoms with Gasteiger partial charge in [0.1, 0.15) is 0 Å². The molecular formula is C54H55N13O2. The number of fused-ring (bicyclic) bond motifs is 2. The highest BCUT2D eigenvalue weighted by atomic mass is 16.2. The summed E-state index contributed by atoms with van der Waals surface area (Å²) in [5.41, 5.74) is 21.3. The van der Waals surface area contributed by atoms with Crippen LogP contribution in [0.5, 0.6) is 0 Å². The van der Waals surface area contributed by atoms with Gasteiger partial charge in [-0.05, 0) is 129 Å². The first-order valence-corrected chi connectivity index (χ1v) is 22.9. The maximum Gasteiger partial charge on any atom is 0.251 e. The second-order valence-electron chi connectivity index (χ2n) is 17.4. The molecule has 2 fully saturated rings. The van der Waals surface area contributed by atoms with E-state index in [0.29, 0.717) is 57.2 Å². The Hall–Kier alpha value is -8.56. The Labute approximate surface area is 401 Å². The summed E-state index contributed by atoms with van der Waals surface area (Å²) < 4.78 is 0. The van der Waals surface area contributed by atoms with Crippen LogP contribution in [0.2, 0.25) is 0 Å². The molecule has 0 aliphatic heterocycles. The number of hydrogen-bond acceptors (Lipinski definition) is 10. The number of para-hydroxylation sites is 1. The molecule has 348 valence electrons. The first kappa shape index (κ1) is 47.0. The summed E-state index contributed by atoms with van der Waals surface area (Å²) in [5.74, 6) is 0.828. The fourth-order valence-electron chi connectivity index (χ4n) is 9.30. The van der Waals surface area contributed by atoms with Gasteiger partial charge >= 0.3 is 0 Å². The molecule has 0 unspecified atom stereocenters. The Morgan fingerprint density at radius 1 is 0.623 bits per heavy atom. The molecule has 3 aromatic heterocycles. The number of nitrogens with zero attached hydrogens (tertiary/aromatic N) is 6. The molecule has 15 nitrogen and oxygen atoms in total. The van der Waals surface area contributed by atoms with E-state index in [2.05, 4.69) is 64.1 Å². The SMILES string of the molecule is C.[C-]#[N+]c1cnc(N[C@@H]2CCC[C@H](NC(=O)c3ccc(N)cc3)C2)nc1-c1c[nH]c2ccccc12.[C-]#[N+]c1cnc(N[C@@H]2CCC[C@H](NC(=O)c3ccc(N)cc3)C2)nc1C1=CCc2ccccc21. The van der Waals surface area contributed by atoms with Gasteiger partial charge < -0.3 is 37.7 Å². The fourth-order valence-corrected chi connectivity index (χ4v) is 9.30. The lowest BCUT2D eigenvalue weighted by atomic mass is 9.91. The molecule has 3 aliphatic rings. The number of nitrogens with one attached hydrogen (secondary N) is 5. The lowest BCUT2D eigenvalue weighted by Gasteiger charge is -2.30. The molecule has 0 saturated heterocycles. The van der Waals surface area contributed by atoms with E-state index in [-0.39, 0.29) is 43.4 Å². The summed E-state index contributed by atoms with van der Waals surface area (Å²) in [4.78, 5) is 54.0. The van der Waals surface area contributed by atoms with Gasteiger partial charge in [-0.15, -0.1) is 0 Å². The van der Waals surface area contributed by atoms with Crippen LogP contribution in [-0.4, -0.2) is 60.9 Å². The van der Waals surface area contributed by atoms with Crippen LogP contribution in [0.1, 0.15) is 96.3 Å². The largest absolute Gasteiger partial charge is 0.399 e. The first-order valence-electron chi connectivity index (χ1n) is 22.9. The number of nitrogens with two attached hydrogens (primary N) is 2. The molecule has 4 aromatic carbocycles. The van der Waals surface area contributed by atoms with Crippen LogP contribution < -0.4 is 32.7 Å². The van der Waals surface area contributed by atoms with Crippen LogP contribution in [0.4, 0.5) is 34.6 Å². The number of amides is 2. The molecule has 3 heterocycles. The number of H-pyrrole nitrogens is 1. The molecule has 15 heteroatoms. The Kier molecular flexibility index (Phi) is 14.5. The van der Waals surface area contributed by atoms with Crippen LogP contribution in [0, 0.1) is 13.1 Å². The van der Waals surface area contributed by atoms with Crippen molar-refractivity contribution in [2.75, 3.05) is 22.1 Å². The molecule has 9 N–H and O–H groups in total. The van der Waals surface area contributed by atoms with Gasteiger partial charge in [0.05, 0.1) is 24.5 Å². The van der Waals surface area contributed by atoms with E-state index >= 15 is 0 Å². The van der Waals surface area contributed by atoms with Crippen LogP contribution in [0.15, 0.2) is 122 Å². The van der Waals surface area contributed by atoms with Crippen molar-refractivity contribution >= 4 is 62.9 Å². The molecule has 0 spiro atoms. The number of allylic oxidation sites excluding steroid dienone is 1. The van der Waals surface area contributed by atoms with Gasteiger partial charge in [0.15, 0.2) is 0 Å². The first-order chi connectivity index (χ1) is 33.2. The average molecular weight is 918 g/mol. The smallest absolute Gasteiger partial charge is 0.251 e. The molecule has 10 rings (SSSR count). The van der Waals surface area contributed by atoms with Gasteiger partial charge in [0.25, 0.3) is 11.8 Å². The number of carbonyl (C=O) groups excluding carboxylic acids is 2. The Morgan fingerprint density at radius 2 is 1.13 bits per heavy atom. The summed E-state index contributed by atoms with van der Waals surface area (Å²) in [6, 6.07) is 30.5. The Morgan fingerprint density at radius 3 is 1.71 bits per heavy atom. The van der Waals surface area contributed by atoms with Crippen LogP contribution in [-0.2, 0) is 6.42 Å². The van der Waals surface area contributed by atoms with Crippen LogP contribution in [0.3, 0.4) is 0 Å². The summed E-state index contributed by atoms with van der Waals surface area (Å²) in [6.07, 6.45) is 15.4. The minimum Gasteiger partial charge on any atom is -0.399 e. The van der Waals surface area contributed by atoms with E-state index in [0.717, 1.165) is 85.4 Å². The molecule has 4 atom stereocenters.